The van der Waals surface area contributed by atoms with Crippen LogP contribution in [0.4, 0.5) is 14.7 Å². The molecule has 0 unspecified atom stereocenters. The van der Waals surface area contributed by atoms with Crippen LogP contribution < -0.4 is 14.8 Å². The molecular formula is C10H13F2N3O2. The highest BCUT2D eigenvalue weighted by Gasteiger charge is 2.45. The molecule has 1 aliphatic carbocycles. The Morgan fingerprint density at radius 1 is 1.24 bits per heavy atom. The number of rotatable bonds is 4. The van der Waals surface area contributed by atoms with Gasteiger partial charge in [0.15, 0.2) is 0 Å². The monoisotopic (exact) mass is 245 g/mol. The number of aromatic nitrogens is 2. The first-order chi connectivity index (χ1) is 8.02. The fourth-order valence-corrected chi connectivity index (χ4v) is 1.62. The summed E-state index contributed by atoms with van der Waals surface area (Å²) in [5.41, 5.74) is 0. The molecule has 94 valence electrons. The molecule has 0 radical (unpaired) electrons. The van der Waals surface area contributed by atoms with Gasteiger partial charge in [0, 0.05) is 18.9 Å². The molecule has 1 saturated carbocycles. The van der Waals surface area contributed by atoms with E-state index in [2.05, 4.69) is 15.3 Å². The van der Waals surface area contributed by atoms with E-state index >= 15 is 0 Å². The number of methoxy groups -OCH3 is 2. The first-order valence-corrected chi connectivity index (χ1v) is 5.14. The summed E-state index contributed by atoms with van der Waals surface area (Å²) < 4.78 is 35.2. The van der Waals surface area contributed by atoms with Gasteiger partial charge in [-0.3, -0.25) is 0 Å². The summed E-state index contributed by atoms with van der Waals surface area (Å²) in [5.74, 6) is -1.68. The molecule has 0 saturated heterocycles. The van der Waals surface area contributed by atoms with Gasteiger partial charge >= 0.3 is 0 Å². The number of halogens is 2. The molecule has 1 heterocycles. The first-order valence-electron chi connectivity index (χ1n) is 5.14. The molecule has 0 aliphatic heterocycles. The molecule has 7 heteroatoms. The minimum Gasteiger partial charge on any atom is -0.481 e. The standard InChI is InChI=1S/C10H13F2N3O2/c1-16-7-3-8(17-2)15-9(14-7)13-6-4-10(11,12)5-6/h3,6H,4-5H2,1-2H3,(H,13,14,15). The number of ether oxygens (including phenoxy) is 2. The average Bonchev–Trinajstić information content (AvgIpc) is 2.26. The number of anilines is 1. The van der Waals surface area contributed by atoms with Crippen LogP contribution in [0.2, 0.25) is 0 Å². The average molecular weight is 245 g/mol. The minimum absolute atomic E-state index is 0.199. The summed E-state index contributed by atoms with van der Waals surface area (Å²) in [4.78, 5) is 8.00. The summed E-state index contributed by atoms with van der Waals surface area (Å²) in [6.07, 6.45) is -0.397. The van der Waals surface area contributed by atoms with Crippen LogP contribution in [0.5, 0.6) is 11.8 Å². The van der Waals surface area contributed by atoms with Crippen molar-refractivity contribution in [3.8, 4) is 11.8 Å². The second-order valence-electron chi connectivity index (χ2n) is 3.88. The van der Waals surface area contributed by atoms with E-state index in [0.717, 1.165) is 0 Å². The summed E-state index contributed by atoms with van der Waals surface area (Å²) >= 11 is 0. The second-order valence-corrected chi connectivity index (χ2v) is 3.88. The maximum atomic E-state index is 12.7. The summed E-state index contributed by atoms with van der Waals surface area (Å²) in [6, 6.07) is 1.21. The first kappa shape index (κ1) is 11.8. The maximum absolute atomic E-state index is 12.7. The van der Waals surface area contributed by atoms with Crippen molar-refractivity contribution in [1.29, 1.82) is 0 Å². The van der Waals surface area contributed by atoms with Crippen LogP contribution in [0.3, 0.4) is 0 Å². The Bertz CT molecular complexity index is 384. The van der Waals surface area contributed by atoms with Crippen LogP contribution in [-0.4, -0.2) is 36.2 Å². The molecular weight excluding hydrogens is 232 g/mol. The molecule has 0 aromatic carbocycles. The maximum Gasteiger partial charge on any atom is 0.252 e. The molecule has 1 N–H and O–H groups in total. The molecule has 0 spiro atoms. The third-order valence-electron chi connectivity index (χ3n) is 2.52. The smallest absolute Gasteiger partial charge is 0.252 e. The quantitative estimate of drug-likeness (QED) is 0.875. The number of hydrogen-bond donors (Lipinski definition) is 1. The van der Waals surface area contributed by atoms with Crippen molar-refractivity contribution >= 4 is 5.95 Å². The highest BCUT2D eigenvalue weighted by molar-refractivity contribution is 5.35. The van der Waals surface area contributed by atoms with E-state index in [0.29, 0.717) is 11.8 Å². The van der Waals surface area contributed by atoms with Gasteiger partial charge in [-0.05, 0) is 0 Å². The van der Waals surface area contributed by atoms with E-state index in [9.17, 15) is 8.78 Å². The number of alkyl halides is 2. The van der Waals surface area contributed by atoms with Crippen LogP contribution >= 0.6 is 0 Å². The van der Waals surface area contributed by atoms with E-state index < -0.39 is 5.92 Å². The van der Waals surface area contributed by atoms with Gasteiger partial charge in [0.05, 0.1) is 20.3 Å². The van der Waals surface area contributed by atoms with Crippen molar-refractivity contribution in [2.45, 2.75) is 24.8 Å². The Kier molecular flexibility index (Phi) is 2.99. The van der Waals surface area contributed by atoms with E-state index in [1.54, 1.807) is 0 Å². The van der Waals surface area contributed by atoms with Gasteiger partial charge in [0.25, 0.3) is 5.92 Å². The summed E-state index contributed by atoms with van der Waals surface area (Å²) in [5, 5.41) is 2.82. The fraction of sp³-hybridized carbons (Fsp3) is 0.600. The van der Waals surface area contributed by atoms with E-state index in [4.69, 9.17) is 9.47 Å². The fourth-order valence-electron chi connectivity index (χ4n) is 1.62. The second kappa shape index (κ2) is 4.31. The van der Waals surface area contributed by atoms with Crippen molar-refractivity contribution in [3.05, 3.63) is 6.07 Å². The lowest BCUT2D eigenvalue weighted by Gasteiger charge is -2.35. The van der Waals surface area contributed by atoms with Crippen molar-refractivity contribution in [2.75, 3.05) is 19.5 Å². The molecule has 1 aromatic rings. The Hall–Kier alpha value is -1.66. The van der Waals surface area contributed by atoms with Gasteiger partial charge in [-0.1, -0.05) is 0 Å². The normalized spacial score (nSPS) is 18.4. The van der Waals surface area contributed by atoms with Crippen LogP contribution in [-0.2, 0) is 0 Å². The molecule has 1 aromatic heterocycles. The predicted octanol–water partition coefficient (Wildman–Crippen LogP) is 1.70. The largest absolute Gasteiger partial charge is 0.481 e. The van der Waals surface area contributed by atoms with Crippen LogP contribution in [0, 0.1) is 0 Å². The number of nitrogens with zero attached hydrogens (tertiary/aromatic N) is 2. The van der Waals surface area contributed by atoms with E-state index in [-0.39, 0.29) is 24.8 Å². The van der Waals surface area contributed by atoms with Gasteiger partial charge < -0.3 is 14.8 Å². The highest BCUT2D eigenvalue weighted by atomic mass is 19.3. The third kappa shape index (κ3) is 2.72. The van der Waals surface area contributed by atoms with E-state index in [1.165, 1.54) is 20.3 Å². The molecule has 0 atom stereocenters. The number of hydrogen-bond acceptors (Lipinski definition) is 5. The summed E-state index contributed by atoms with van der Waals surface area (Å²) in [7, 11) is 2.92. The number of nitrogens with one attached hydrogen (secondary N) is 1. The zero-order valence-corrected chi connectivity index (χ0v) is 9.54. The lowest BCUT2D eigenvalue weighted by atomic mass is 9.88. The topological polar surface area (TPSA) is 56.3 Å². The highest BCUT2D eigenvalue weighted by Crippen LogP contribution is 2.38. The van der Waals surface area contributed by atoms with Gasteiger partial charge in [-0.15, -0.1) is 0 Å². The predicted molar refractivity (Wildman–Crippen MR) is 56.7 cm³/mol. The lowest BCUT2D eigenvalue weighted by Crippen LogP contribution is -2.44. The zero-order chi connectivity index (χ0) is 12.5. The molecule has 2 rings (SSSR count). The molecule has 0 bridgehead atoms. The van der Waals surface area contributed by atoms with Crippen LogP contribution in [0.1, 0.15) is 12.8 Å². The Labute approximate surface area is 97.2 Å². The third-order valence-corrected chi connectivity index (χ3v) is 2.52. The van der Waals surface area contributed by atoms with Crippen LogP contribution in [0.15, 0.2) is 6.07 Å². The zero-order valence-electron chi connectivity index (χ0n) is 9.54. The molecule has 0 amide bonds. The van der Waals surface area contributed by atoms with Gasteiger partial charge in [-0.2, -0.15) is 9.97 Å². The molecule has 5 nitrogen and oxygen atoms in total. The Balaban J connectivity index is 2.05. The van der Waals surface area contributed by atoms with Gasteiger partial charge in [0.2, 0.25) is 17.7 Å². The van der Waals surface area contributed by atoms with Crippen LogP contribution in [0.25, 0.3) is 0 Å². The van der Waals surface area contributed by atoms with Crippen molar-refractivity contribution in [3.63, 3.8) is 0 Å². The van der Waals surface area contributed by atoms with Crippen molar-refractivity contribution in [2.24, 2.45) is 0 Å². The Morgan fingerprint density at radius 2 is 1.76 bits per heavy atom. The molecule has 1 aliphatic rings. The summed E-state index contributed by atoms with van der Waals surface area (Å²) in [6.45, 7) is 0. The van der Waals surface area contributed by atoms with Crippen molar-refractivity contribution < 1.29 is 18.3 Å². The lowest BCUT2D eigenvalue weighted by molar-refractivity contribution is -0.0794. The minimum atomic E-state index is -2.57. The van der Waals surface area contributed by atoms with Gasteiger partial charge in [0.1, 0.15) is 0 Å². The SMILES string of the molecule is COc1cc(OC)nc(NC2CC(F)(F)C2)n1. The molecule has 17 heavy (non-hydrogen) atoms. The molecule has 1 fully saturated rings. The van der Waals surface area contributed by atoms with Gasteiger partial charge in [-0.25, -0.2) is 8.78 Å². The van der Waals surface area contributed by atoms with Crippen molar-refractivity contribution in [1.82, 2.24) is 9.97 Å². The Morgan fingerprint density at radius 3 is 2.18 bits per heavy atom. The van der Waals surface area contributed by atoms with E-state index in [1.807, 2.05) is 0 Å².